The molecule has 0 atom stereocenters. The highest BCUT2D eigenvalue weighted by molar-refractivity contribution is 5.39. The zero-order valence-electron chi connectivity index (χ0n) is 17.5. The van der Waals surface area contributed by atoms with Crippen LogP contribution >= 0.6 is 0 Å². The molecule has 2 aliphatic rings. The number of pyridine rings is 1. The summed E-state index contributed by atoms with van der Waals surface area (Å²) in [6.45, 7) is 12.7. The molecule has 2 aliphatic heterocycles. The summed E-state index contributed by atoms with van der Waals surface area (Å²) in [6.07, 6.45) is 12.3. The van der Waals surface area contributed by atoms with Crippen molar-refractivity contribution >= 4 is 11.8 Å². The maximum Gasteiger partial charge on any atom is 0.225 e. The second-order valence-corrected chi connectivity index (χ2v) is 7.00. The van der Waals surface area contributed by atoms with Gasteiger partial charge in [0.05, 0.1) is 0 Å². The van der Waals surface area contributed by atoms with Gasteiger partial charge in [0.25, 0.3) is 0 Å². The van der Waals surface area contributed by atoms with Crippen LogP contribution in [0.4, 0.5) is 11.8 Å². The molecule has 4 rings (SSSR count). The van der Waals surface area contributed by atoms with Crippen LogP contribution in [0.15, 0.2) is 30.7 Å². The average molecular weight is 370 g/mol. The first-order valence-electron chi connectivity index (χ1n) is 10.4. The summed E-state index contributed by atoms with van der Waals surface area (Å²) >= 11 is 0. The van der Waals surface area contributed by atoms with Gasteiger partial charge in [-0.3, -0.25) is 0 Å². The van der Waals surface area contributed by atoms with Crippen LogP contribution in [0, 0.1) is 13.8 Å². The van der Waals surface area contributed by atoms with Gasteiger partial charge in [0.2, 0.25) is 5.95 Å². The SMILES string of the molecule is CC.Cc1ccc(N2CCCCC2)nc1.Cc1cnc(N2CCCC2)nc1. The van der Waals surface area contributed by atoms with E-state index in [1.165, 1.54) is 50.8 Å². The lowest BCUT2D eigenvalue weighted by Crippen LogP contribution is -2.29. The van der Waals surface area contributed by atoms with E-state index in [1.807, 2.05) is 39.4 Å². The van der Waals surface area contributed by atoms with Crippen molar-refractivity contribution in [3.05, 3.63) is 41.9 Å². The van der Waals surface area contributed by atoms with Crippen molar-refractivity contribution in [3.63, 3.8) is 0 Å². The first-order valence-corrected chi connectivity index (χ1v) is 10.4. The molecule has 2 saturated heterocycles. The fourth-order valence-electron chi connectivity index (χ4n) is 3.24. The van der Waals surface area contributed by atoms with Crippen LogP contribution in [-0.4, -0.2) is 41.1 Å². The molecule has 0 bridgehead atoms. The molecular formula is C22H35N5. The third-order valence-corrected chi connectivity index (χ3v) is 4.73. The number of anilines is 2. The highest BCUT2D eigenvalue weighted by Crippen LogP contribution is 2.17. The lowest BCUT2D eigenvalue weighted by atomic mass is 10.1. The van der Waals surface area contributed by atoms with Gasteiger partial charge < -0.3 is 9.80 Å². The normalized spacial score (nSPS) is 16.1. The number of nitrogens with zero attached hydrogens (tertiary/aromatic N) is 5. The Labute approximate surface area is 164 Å². The zero-order valence-corrected chi connectivity index (χ0v) is 17.5. The smallest absolute Gasteiger partial charge is 0.225 e. The van der Waals surface area contributed by atoms with Crippen molar-refractivity contribution in [2.24, 2.45) is 0 Å². The monoisotopic (exact) mass is 369 g/mol. The Morgan fingerprint density at radius 1 is 0.630 bits per heavy atom. The minimum absolute atomic E-state index is 0.887. The van der Waals surface area contributed by atoms with Crippen LogP contribution in [0.2, 0.25) is 0 Å². The van der Waals surface area contributed by atoms with E-state index in [4.69, 9.17) is 0 Å². The summed E-state index contributed by atoms with van der Waals surface area (Å²) in [5, 5.41) is 0. The largest absolute Gasteiger partial charge is 0.357 e. The lowest BCUT2D eigenvalue weighted by molar-refractivity contribution is 0.573. The van der Waals surface area contributed by atoms with Crippen LogP contribution in [0.3, 0.4) is 0 Å². The third-order valence-electron chi connectivity index (χ3n) is 4.73. The molecule has 4 heterocycles. The lowest BCUT2D eigenvalue weighted by Gasteiger charge is -2.27. The Kier molecular flexibility index (Phi) is 9.02. The minimum Gasteiger partial charge on any atom is -0.357 e. The molecule has 0 saturated carbocycles. The van der Waals surface area contributed by atoms with Gasteiger partial charge >= 0.3 is 0 Å². The predicted molar refractivity (Wildman–Crippen MR) is 115 cm³/mol. The molecule has 2 fully saturated rings. The van der Waals surface area contributed by atoms with Gasteiger partial charge in [-0.2, -0.15) is 0 Å². The van der Waals surface area contributed by atoms with E-state index < -0.39 is 0 Å². The molecule has 5 nitrogen and oxygen atoms in total. The standard InChI is InChI=1S/C11H16N2.C9H13N3.C2H6/c1-10-5-6-11(12-9-10)13-7-3-2-4-8-13;1-8-6-10-9(11-7-8)12-4-2-3-5-12;1-2/h5-6,9H,2-4,7-8H2,1H3;6-7H,2-5H2,1H3;1-2H3. The van der Waals surface area contributed by atoms with Gasteiger partial charge in [0, 0.05) is 44.8 Å². The minimum atomic E-state index is 0.887. The van der Waals surface area contributed by atoms with Crippen molar-refractivity contribution < 1.29 is 0 Å². The number of piperidine rings is 1. The van der Waals surface area contributed by atoms with E-state index in [-0.39, 0.29) is 0 Å². The number of aryl methyl sites for hydroxylation is 2. The second kappa shape index (κ2) is 11.5. The molecule has 0 aliphatic carbocycles. The zero-order chi connectivity index (χ0) is 19.5. The highest BCUT2D eigenvalue weighted by Gasteiger charge is 2.13. The number of aromatic nitrogens is 3. The van der Waals surface area contributed by atoms with Crippen LogP contribution in [0.25, 0.3) is 0 Å². The first kappa shape index (κ1) is 21.1. The Hall–Kier alpha value is -2.17. The maximum atomic E-state index is 4.43. The summed E-state index contributed by atoms with van der Waals surface area (Å²) in [7, 11) is 0. The van der Waals surface area contributed by atoms with Gasteiger partial charge in [0.1, 0.15) is 5.82 Å². The second-order valence-electron chi connectivity index (χ2n) is 7.00. The van der Waals surface area contributed by atoms with E-state index in [1.54, 1.807) is 0 Å². The molecule has 0 amide bonds. The Bertz CT molecular complexity index is 627. The fourth-order valence-corrected chi connectivity index (χ4v) is 3.24. The molecule has 0 aromatic carbocycles. The van der Waals surface area contributed by atoms with Crippen LogP contribution in [-0.2, 0) is 0 Å². The molecule has 0 N–H and O–H groups in total. The number of hydrogen-bond acceptors (Lipinski definition) is 5. The molecule has 0 radical (unpaired) electrons. The van der Waals surface area contributed by atoms with Gasteiger partial charge in [-0.25, -0.2) is 15.0 Å². The Morgan fingerprint density at radius 2 is 1.15 bits per heavy atom. The maximum absolute atomic E-state index is 4.43. The first-order chi connectivity index (χ1) is 13.2. The average Bonchev–Trinajstić information content (AvgIpc) is 3.27. The van der Waals surface area contributed by atoms with Crippen molar-refractivity contribution in [2.45, 2.75) is 59.8 Å². The van der Waals surface area contributed by atoms with Gasteiger partial charge in [-0.15, -0.1) is 0 Å². The summed E-state index contributed by atoms with van der Waals surface area (Å²) in [6, 6.07) is 4.26. The summed E-state index contributed by atoms with van der Waals surface area (Å²) in [5.74, 6) is 2.03. The quantitative estimate of drug-likeness (QED) is 0.761. The molecule has 148 valence electrons. The van der Waals surface area contributed by atoms with Gasteiger partial charge in [-0.05, 0) is 63.1 Å². The van der Waals surface area contributed by atoms with E-state index >= 15 is 0 Å². The van der Waals surface area contributed by atoms with Crippen molar-refractivity contribution in [3.8, 4) is 0 Å². The molecule has 5 heteroatoms. The van der Waals surface area contributed by atoms with E-state index in [0.717, 1.165) is 30.4 Å². The molecule has 2 aromatic heterocycles. The van der Waals surface area contributed by atoms with E-state index in [0.29, 0.717) is 0 Å². The molecule has 2 aromatic rings. The molecule has 27 heavy (non-hydrogen) atoms. The predicted octanol–water partition coefficient (Wildman–Crippen LogP) is 4.79. The number of rotatable bonds is 2. The van der Waals surface area contributed by atoms with Crippen LogP contribution in [0.5, 0.6) is 0 Å². The Balaban J connectivity index is 0.000000178. The topological polar surface area (TPSA) is 45.2 Å². The van der Waals surface area contributed by atoms with Crippen molar-refractivity contribution in [2.75, 3.05) is 36.0 Å². The summed E-state index contributed by atoms with van der Waals surface area (Å²) in [5.41, 5.74) is 2.36. The molecule has 0 unspecified atom stereocenters. The summed E-state index contributed by atoms with van der Waals surface area (Å²) < 4.78 is 0. The third kappa shape index (κ3) is 6.81. The van der Waals surface area contributed by atoms with Crippen LogP contribution in [0.1, 0.15) is 57.1 Å². The highest BCUT2D eigenvalue weighted by atomic mass is 15.3. The van der Waals surface area contributed by atoms with Gasteiger partial charge in [-0.1, -0.05) is 19.9 Å². The van der Waals surface area contributed by atoms with Crippen molar-refractivity contribution in [1.29, 1.82) is 0 Å². The fraction of sp³-hybridized carbons (Fsp3) is 0.591. The van der Waals surface area contributed by atoms with Crippen LogP contribution < -0.4 is 9.80 Å². The molecular weight excluding hydrogens is 334 g/mol. The van der Waals surface area contributed by atoms with E-state index in [9.17, 15) is 0 Å². The molecule has 0 spiro atoms. The Morgan fingerprint density at radius 3 is 1.70 bits per heavy atom. The summed E-state index contributed by atoms with van der Waals surface area (Å²) in [4.78, 5) is 17.6. The number of hydrogen-bond donors (Lipinski definition) is 0. The van der Waals surface area contributed by atoms with E-state index in [2.05, 4.69) is 43.8 Å². The van der Waals surface area contributed by atoms with Crippen molar-refractivity contribution in [1.82, 2.24) is 15.0 Å². The van der Waals surface area contributed by atoms with Gasteiger partial charge in [0.15, 0.2) is 0 Å².